The molecule has 1 atom stereocenters. The first-order valence-electron chi connectivity index (χ1n) is 5.26. The molecule has 0 aliphatic rings. The van der Waals surface area contributed by atoms with Gasteiger partial charge in [0.2, 0.25) is 0 Å². The summed E-state index contributed by atoms with van der Waals surface area (Å²) < 4.78 is 5.19. The monoisotopic (exact) mass is 243 g/mol. The van der Waals surface area contributed by atoms with Crippen LogP contribution in [-0.4, -0.2) is 18.8 Å². The van der Waals surface area contributed by atoms with Gasteiger partial charge in [-0.1, -0.05) is 31.5 Å². The van der Waals surface area contributed by atoms with Crippen LogP contribution in [0.2, 0.25) is 5.02 Å². The molecule has 1 rings (SSSR count). The van der Waals surface area contributed by atoms with Gasteiger partial charge < -0.3 is 15.6 Å². The molecule has 0 aromatic heterocycles. The average molecular weight is 244 g/mol. The number of benzene rings is 1. The second kappa shape index (κ2) is 5.53. The molecular weight excluding hydrogens is 226 g/mol. The molecule has 16 heavy (non-hydrogen) atoms. The van der Waals surface area contributed by atoms with Gasteiger partial charge in [0.1, 0.15) is 5.75 Å². The summed E-state index contributed by atoms with van der Waals surface area (Å²) in [6, 6.07) is 3.77. The molecule has 3 nitrogen and oxygen atoms in total. The second-order valence-electron chi connectivity index (χ2n) is 4.03. The number of halogens is 1. The summed E-state index contributed by atoms with van der Waals surface area (Å²) in [5, 5.41) is 10.2. The molecule has 1 aromatic rings. The van der Waals surface area contributed by atoms with Crippen molar-refractivity contribution in [2.75, 3.05) is 13.7 Å². The number of methoxy groups -OCH3 is 1. The molecule has 0 aliphatic carbocycles. The van der Waals surface area contributed by atoms with Gasteiger partial charge in [-0.05, 0) is 17.5 Å². The largest absolute Gasteiger partial charge is 0.495 e. The van der Waals surface area contributed by atoms with Gasteiger partial charge in [-0.2, -0.15) is 0 Å². The minimum Gasteiger partial charge on any atom is -0.495 e. The number of rotatable bonds is 4. The smallest absolute Gasteiger partial charge is 0.138 e. The topological polar surface area (TPSA) is 55.5 Å². The molecule has 4 heteroatoms. The van der Waals surface area contributed by atoms with Crippen LogP contribution in [0.1, 0.15) is 37.0 Å². The van der Waals surface area contributed by atoms with E-state index >= 15 is 0 Å². The van der Waals surface area contributed by atoms with Gasteiger partial charge in [0.25, 0.3) is 0 Å². The summed E-state index contributed by atoms with van der Waals surface area (Å²) in [5.74, 6) is 0.922. The summed E-state index contributed by atoms with van der Waals surface area (Å²) >= 11 is 6.12. The van der Waals surface area contributed by atoms with Crippen molar-refractivity contribution in [2.24, 2.45) is 5.73 Å². The maximum atomic E-state index is 9.77. The van der Waals surface area contributed by atoms with Gasteiger partial charge in [0.05, 0.1) is 18.2 Å². The highest BCUT2D eigenvalue weighted by atomic mass is 35.5. The molecule has 0 fully saturated rings. The Bertz CT molecular complexity index is 366. The summed E-state index contributed by atoms with van der Waals surface area (Å²) in [7, 11) is 1.56. The average Bonchev–Trinajstić information content (AvgIpc) is 2.28. The fourth-order valence-corrected chi connectivity index (χ4v) is 1.81. The summed E-state index contributed by atoms with van der Waals surface area (Å²) in [5.41, 5.74) is 7.15. The van der Waals surface area contributed by atoms with Crippen molar-refractivity contribution in [1.29, 1.82) is 0 Å². The zero-order chi connectivity index (χ0) is 12.3. The first kappa shape index (κ1) is 13.3. The third kappa shape index (κ3) is 2.67. The van der Waals surface area contributed by atoms with Crippen molar-refractivity contribution in [3.05, 3.63) is 28.3 Å². The van der Waals surface area contributed by atoms with Gasteiger partial charge in [-0.25, -0.2) is 0 Å². The molecule has 3 N–H and O–H groups in total. The minimum atomic E-state index is -0.750. The van der Waals surface area contributed by atoms with Crippen LogP contribution in [0, 0.1) is 0 Å². The third-order valence-corrected chi connectivity index (χ3v) is 2.96. The molecular formula is C12H18ClNO2. The maximum absolute atomic E-state index is 9.77. The van der Waals surface area contributed by atoms with E-state index in [1.54, 1.807) is 7.11 Å². The van der Waals surface area contributed by atoms with Crippen LogP contribution in [0.25, 0.3) is 0 Å². The normalized spacial score (nSPS) is 12.9. The lowest BCUT2D eigenvalue weighted by atomic mass is 9.98. The zero-order valence-electron chi connectivity index (χ0n) is 9.83. The quantitative estimate of drug-likeness (QED) is 0.854. The molecule has 0 heterocycles. The molecule has 1 aromatic carbocycles. The van der Waals surface area contributed by atoms with Crippen LogP contribution < -0.4 is 10.5 Å². The van der Waals surface area contributed by atoms with Gasteiger partial charge in [0.15, 0.2) is 0 Å². The van der Waals surface area contributed by atoms with E-state index in [1.165, 1.54) is 0 Å². The Hall–Kier alpha value is -0.770. The van der Waals surface area contributed by atoms with E-state index in [-0.39, 0.29) is 6.54 Å². The van der Waals surface area contributed by atoms with E-state index in [2.05, 4.69) is 13.8 Å². The van der Waals surface area contributed by atoms with E-state index in [4.69, 9.17) is 22.1 Å². The first-order chi connectivity index (χ1) is 7.51. The van der Waals surface area contributed by atoms with Crippen molar-refractivity contribution in [3.63, 3.8) is 0 Å². The SMILES string of the molecule is COc1cc(C(C)C)cc(C(O)CN)c1Cl. The second-order valence-corrected chi connectivity index (χ2v) is 4.41. The molecule has 0 saturated heterocycles. The highest BCUT2D eigenvalue weighted by molar-refractivity contribution is 6.32. The Kier molecular flexibility index (Phi) is 4.59. The molecule has 0 aliphatic heterocycles. The predicted octanol–water partition coefficient (Wildman–Crippen LogP) is 2.46. The van der Waals surface area contributed by atoms with Crippen molar-refractivity contribution in [3.8, 4) is 5.75 Å². The Morgan fingerprint density at radius 2 is 2.06 bits per heavy atom. The van der Waals surface area contributed by atoms with Crippen LogP contribution in [0.3, 0.4) is 0 Å². The predicted molar refractivity (Wildman–Crippen MR) is 66.1 cm³/mol. The first-order valence-corrected chi connectivity index (χ1v) is 5.64. The number of hydrogen-bond acceptors (Lipinski definition) is 3. The Balaban J connectivity index is 3.29. The van der Waals surface area contributed by atoms with Gasteiger partial charge in [-0.15, -0.1) is 0 Å². The number of aliphatic hydroxyl groups excluding tert-OH is 1. The van der Waals surface area contributed by atoms with Crippen LogP contribution in [0.5, 0.6) is 5.75 Å². The van der Waals surface area contributed by atoms with E-state index in [9.17, 15) is 5.11 Å². The molecule has 90 valence electrons. The van der Waals surface area contributed by atoms with Crippen LogP contribution >= 0.6 is 11.6 Å². The minimum absolute atomic E-state index is 0.143. The van der Waals surface area contributed by atoms with Gasteiger partial charge in [-0.3, -0.25) is 0 Å². The molecule has 1 unspecified atom stereocenters. The molecule has 0 amide bonds. The lowest BCUT2D eigenvalue weighted by Gasteiger charge is -2.17. The number of aliphatic hydroxyl groups is 1. The standard InChI is InChI=1S/C12H18ClNO2/c1-7(2)8-4-9(10(15)6-14)12(13)11(5-8)16-3/h4-5,7,10,15H,6,14H2,1-3H3. The van der Waals surface area contributed by atoms with Crippen LogP contribution in [0.15, 0.2) is 12.1 Å². The van der Waals surface area contributed by atoms with E-state index < -0.39 is 6.10 Å². The fourth-order valence-electron chi connectivity index (χ4n) is 1.49. The number of nitrogens with two attached hydrogens (primary N) is 1. The Morgan fingerprint density at radius 3 is 2.50 bits per heavy atom. The maximum Gasteiger partial charge on any atom is 0.138 e. The van der Waals surface area contributed by atoms with Crippen LogP contribution in [0.4, 0.5) is 0 Å². The molecule has 0 spiro atoms. The number of ether oxygens (including phenoxy) is 1. The summed E-state index contributed by atoms with van der Waals surface area (Å²) in [4.78, 5) is 0. The van der Waals surface area contributed by atoms with Crippen molar-refractivity contribution in [1.82, 2.24) is 0 Å². The molecule has 0 bridgehead atoms. The van der Waals surface area contributed by atoms with Gasteiger partial charge >= 0.3 is 0 Å². The third-order valence-electron chi connectivity index (χ3n) is 2.56. The van der Waals surface area contributed by atoms with E-state index in [0.717, 1.165) is 5.56 Å². The highest BCUT2D eigenvalue weighted by Gasteiger charge is 2.16. The van der Waals surface area contributed by atoms with Crippen molar-refractivity contribution >= 4 is 11.6 Å². The lowest BCUT2D eigenvalue weighted by molar-refractivity contribution is 0.186. The number of hydrogen-bond donors (Lipinski definition) is 2. The summed E-state index contributed by atoms with van der Waals surface area (Å²) in [6.45, 7) is 4.28. The van der Waals surface area contributed by atoms with Gasteiger partial charge in [0, 0.05) is 12.1 Å². The van der Waals surface area contributed by atoms with E-state index in [0.29, 0.717) is 22.3 Å². The fraction of sp³-hybridized carbons (Fsp3) is 0.500. The highest BCUT2D eigenvalue weighted by Crippen LogP contribution is 2.35. The zero-order valence-corrected chi connectivity index (χ0v) is 10.6. The molecule has 0 radical (unpaired) electrons. The van der Waals surface area contributed by atoms with Crippen molar-refractivity contribution < 1.29 is 9.84 Å². The lowest BCUT2D eigenvalue weighted by Crippen LogP contribution is -2.12. The summed E-state index contributed by atoms with van der Waals surface area (Å²) in [6.07, 6.45) is -0.750. The van der Waals surface area contributed by atoms with Crippen LogP contribution in [-0.2, 0) is 0 Å². The Labute approximate surface area is 101 Å². The Morgan fingerprint density at radius 1 is 1.44 bits per heavy atom. The van der Waals surface area contributed by atoms with Crippen molar-refractivity contribution in [2.45, 2.75) is 25.9 Å². The molecule has 0 saturated carbocycles. The van der Waals surface area contributed by atoms with E-state index in [1.807, 2.05) is 12.1 Å².